The zero-order chi connectivity index (χ0) is 12.6. The number of amides is 1. The number of aryl methyl sites for hydroxylation is 1. The Morgan fingerprint density at radius 2 is 2.24 bits per heavy atom. The van der Waals surface area contributed by atoms with Crippen molar-refractivity contribution in [3.05, 3.63) is 35.1 Å². The molecule has 0 saturated carbocycles. The lowest BCUT2D eigenvalue weighted by Crippen LogP contribution is -2.33. The monoisotopic (exact) mass is 237 g/mol. The van der Waals surface area contributed by atoms with Crippen LogP contribution in [0.2, 0.25) is 0 Å². The second-order valence-electron chi connectivity index (χ2n) is 4.94. The molecule has 1 unspecified atom stereocenters. The van der Waals surface area contributed by atoms with E-state index in [4.69, 9.17) is 0 Å². The van der Waals surface area contributed by atoms with Crippen molar-refractivity contribution in [2.45, 2.75) is 25.9 Å². The molecule has 0 radical (unpaired) electrons. The van der Waals surface area contributed by atoms with Crippen molar-refractivity contribution in [3.63, 3.8) is 0 Å². The molecule has 1 N–H and O–H groups in total. The molecular weight excluding hydrogens is 221 g/mol. The van der Waals surface area contributed by atoms with Gasteiger partial charge in [-0.15, -0.1) is 0 Å². The van der Waals surface area contributed by atoms with Crippen LogP contribution in [-0.2, 0) is 0 Å². The van der Waals surface area contributed by atoms with Crippen LogP contribution < -0.4 is 0 Å². The highest BCUT2D eigenvalue weighted by Gasteiger charge is 2.34. The van der Waals surface area contributed by atoms with Gasteiger partial charge >= 0.3 is 0 Å². The van der Waals surface area contributed by atoms with Crippen LogP contribution in [0.25, 0.3) is 0 Å². The summed E-state index contributed by atoms with van der Waals surface area (Å²) in [5.41, 5.74) is 0.133. The summed E-state index contributed by atoms with van der Waals surface area (Å²) in [4.78, 5) is 13.7. The number of halogens is 1. The summed E-state index contributed by atoms with van der Waals surface area (Å²) in [7, 11) is 0. The first-order chi connectivity index (χ1) is 7.89. The number of nitrogens with zero attached hydrogens (tertiary/aromatic N) is 1. The standard InChI is InChI=1S/C13H16FNO2/c1-9-7-10(3-4-11(9)14)12(16)15-6-5-13(2,17)8-15/h3-4,7,17H,5-6,8H2,1-2H3. The summed E-state index contributed by atoms with van der Waals surface area (Å²) >= 11 is 0. The largest absolute Gasteiger partial charge is 0.388 e. The van der Waals surface area contributed by atoms with E-state index in [9.17, 15) is 14.3 Å². The average molecular weight is 237 g/mol. The number of carbonyl (C=O) groups is 1. The second kappa shape index (κ2) is 4.11. The lowest BCUT2D eigenvalue weighted by atomic mass is 10.1. The summed E-state index contributed by atoms with van der Waals surface area (Å²) < 4.78 is 13.1. The molecule has 1 aromatic carbocycles. The third-order valence-electron chi connectivity index (χ3n) is 3.14. The average Bonchev–Trinajstić information content (AvgIpc) is 2.62. The molecule has 0 aromatic heterocycles. The molecular formula is C13H16FNO2. The summed E-state index contributed by atoms with van der Waals surface area (Å²) in [5.74, 6) is -0.458. The van der Waals surface area contributed by atoms with Gasteiger partial charge in [0.15, 0.2) is 0 Å². The smallest absolute Gasteiger partial charge is 0.253 e. The van der Waals surface area contributed by atoms with E-state index in [1.165, 1.54) is 12.1 Å². The van der Waals surface area contributed by atoms with E-state index in [2.05, 4.69) is 0 Å². The lowest BCUT2D eigenvalue weighted by molar-refractivity contribution is 0.0572. The van der Waals surface area contributed by atoms with Crippen molar-refractivity contribution >= 4 is 5.91 Å². The first kappa shape index (κ1) is 12.0. The minimum absolute atomic E-state index is 0.147. The van der Waals surface area contributed by atoms with Crippen molar-refractivity contribution in [2.75, 3.05) is 13.1 Å². The van der Waals surface area contributed by atoms with Crippen molar-refractivity contribution < 1.29 is 14.3 Å². The Bertz CT molecular complexity index is 457. The Morgan fingerprint density at radius 1 is 1.53 bits per heavy atom. The predicted octanol–water partition coefficient (Wildman–Crippen LogP) is 1.73. The molecule has 1 aliphatic heterocycles. The van der Waals surface area contributed by atoms with E-state index < -0.39 is 5.60 Å². The van der Waals surface area contributed by atoms with Gasteiger partial charge in [-0.05, 0) is 44.0 Å². The highest BCUT2D eigenvalue weighted by molar-refractivity contribution is 5.94. The number of likely N-dealkylation sites (tertiary alicyclic amines) is 1. The van der Waals surface area contributed by atoms with Crippen LogP contribution >= 0.6 is 0 Å². The van der Waals surface area contributed by atoms with Gasteiger partial charge in [0.2, 0.25) is 0 Å². The molecule has 0 spiro atoms. The third kappa shape index (κ3) is 2.47. The summed E-state index contributed by atoms with van der Waals surface area (Å²) in [6, 6.07) is 4.33. The molecule has 4 heteroatoms. The SMILES string of the molecule is Cc1cc(C(=O)N2CCC(C)(O)C2)ccc1F. The summed E-state index contributed by atoms with van der Waals surface area (Å²) in [5, 5.41) is 9.81. The van der Waals surface area contributed by atoms with Crippen molar-refractivity contribution in [1.29, 1.82) is 0 Å². The maximum Gasteiger partial charge on any atom is 0.253 e. The molecule has 3 nitrogen and oxygen atoms in total. The molecule has 1 atom stereocenters. The normalized spacial score (nSPS) is 24.1. The van der Waals surface area contributed by atoms with Gasteiger partial charge in [-0.3, -0.25) is 4.79 Å². The molecule has 1 saturated heterocycles. The molecule has 2 rings (SSSR count). The molecule has 17 heavy (non-hydrogen) atoms. The molecule has 92 valence electrons. The summed E-state index contributed by atoms with van der Waals surface area (Å²) in [6.45, 7) is 4.23. The number of rotatable bonds is 1. The third-order valence-corrected chi connectivity index (χ3v) is 3.14. The van der Waals surface area contributed by atoms with Crippen molar-refractivity contribution in [2.24, 2.45) is 0 Å². The number of hydrogen-bond acceptors (Lipinski definition) is 2. The Labute approximate surface area is 99.9 Å². The fourth-order valence-corrected chi connectivity index (χ4v) is 2.08. The fourth-order valence-electron chi connectivity index (χ4n) is 2.08. The molecule has 0 aliphatic carbocycles. The minimum atomic E-state index is -0.801. The topological polar surface area (TPSA) is 40.5 Å². The molecule has 0 bridgehead atoms. The van der Waals surface area contributed by atoms with Gasteiger partial charge < -0.3 is 10.0 Å². The Morgan fingerprint density at radius 3 is 2.76 bits per heavy atom. The minimum Gasteiger partial charge on any atom is -0.388 e. The lowest BCUT2D eigenvalue weighted by Gasteiger charge is -2.19. The molecule has 1 heterocycles. The Kier molecular flexibility index (Phi) is 2.91. The predicted molar refractivity (Wildman–Crippen MR) is 62.3 cm³/mol. The molecule has 1 aromatic rings. The number of carbonyl (C=O) groups excluding carboxylic acids is 1. The second-order valence-corrected chi connectivity index (χ2v) is 4.94. The van der Waals surface area contributed by atoms with E-state index in [0.717, 1.165) is 0 Å². The number of aliphatic hydroxyl groups is 1. The van der Waals surface area contributed by atoms with Gasteiger partial charge in [-0.2, -0.15) is 0 Å². The number of benzene rings is 1. The van der Waals surface area contributed by atoms with Gasteiger partial charge in [0.25, 0.3) is 5.91 Å². The molecule has 1 fully saturated rings. The quantitative estimate of drug-likeness (QED) is 0.808. The van der Waals surface area contributed by atoms with Gasteiger partial charge in [-0.1, -0.05) is 0 Å². The van der Waals surface area contributed by atoms with Crippen LogP contribution in [-0.4, -0.2) is 34.6 Å². The van der Waals surface area contributed by atoms with E-state index in [-0.39, 0.29) is 11.7 Å². The van der Waals surface area contributed by atoms with Gasteiger partial charge in [-0.25, -0.2) is 4.39 Å². The van der Waals surface area contributed by atoms with Crippen molar-refractivity contribution in [1.82, 2.24) is 4.90 Å². The maximum absolute atomic E-state index is 13.1. The van der Waals surface area contributed by atoms with Crippen LogP contribution in [0.15, 0.2) is 18.2 Å². The fraction of sp³-hybridized carbons (Fsp3) is 0.462. The summed E-state index contributed by atoms with van der Waals surface area (Å²) in [6.07, 6.45) is 0.582. The van der Waals surface area contributed by atoms with Gasteiger partial charge in [0.05, 0.1) is 5.60 Å². The van der Waals surface area contributed by atoms with Crippen LogP contribution in [0.4, 0.5) is 4.39 Å². The van der Waals surface area contributed by atoms with Crippen LogP contribution in [0.1, 0.15) is 29.3 Å². The number of β-amino-alcohol motifs (C(OH)–C–C–N with tert-alkyl or cyclic N) is 1. The Hall–Kier alpha value is -1.42. The zero-order valence-electron chi connectivity index (χ0n) is 10.0. The van der Waals surface area contributed by atoms with Crippen LogP contribution in [0.5, 0.6) is 0 Å². The maximum atomic E-state index is 13.1. The number of hydrogen-bond donors (Lipinski definition) is 1. The van der Waals surface area contributed by atoms with Gasteiger partial charge in [0.1, 0.15) is 5.82 Å². The van der Waals surface area contributed by atoms with E-state index >= 15 is 0 Å². The first-order valence-corrected chi connectivity index (χ1v) is 5.67. The first-order valence-electron chi connectivity index (χ1n) is 5.67. The highest BCUT2D eigenvalue weighted by Crippen LogP contribution is 2.22. The van der Waals surface area contributed by atoms with Crippen LogP contribution in [0, 0.1) is 12.7 Å². The van der Waals surface area contributed by atoms with E-state index in [0.29, 0.717) is 30.6 Å². The highest BCUT2D eigenvalue weighted by atomic mass is 19.1. The van der Waals surface area contributed by atoms with Crippen molar-refractivity contribution in [3.8, 4) is 0 Å². The Balaban J connectivity index is 2.18. The van der Waals surface area contributed by atoms with Gasteiger partial charge in [0, 0.05) is 18.7 Å². The molecule has 1 amide bonds. The van der Waals surface area contributed by atoms with E-state index in [1.54, 1.807) is 24.8 Å². The van der Waals surface area contributed by atoms with Crippen LogP contribution in [0.3, 0.4) is 0 Å². The molecule has 1 aliphatic rings. The van der Waals surface area contributed by atoms with E-state index in [1.807, 2.05) is 0 Å². The zero-order valence-corrected chi connectivity index (χ0v) is 10.0.